The molecule has 0 heterocycles. The summed E-state index contributed by atoms with van der Waals surface area (Å²) in [5.41, 5.74) is 3.22. The highest BCUT2D eigenvalue weighted by Crippen LogP contribution is 2.24. The maximum absolute atomic E-state index is 11.4. The Kier molecular flexibility index (Phi) is 4.28. The number of rotatable bonds is 5. The summed E-state index contributed by atoms with van der Waals surface area (Å²) in [6, 6.07) is 12.7. The van der Waals surface area contributed by atoms with E-state index in [4.69, 9.17) is 4.74 Å². The minimum Gasteiger partial charge on any atom is -0.497 e. The van der Waals surface area contributed by atoms with Crippen LogP contribution in [0.2, 0.25) is 0 Å². The van der Waals surface area contributed by atoms with Crippen LogP contribution < -0.4 is 10.1 Å². The van der Waals surface area contributed by atoms with Crippen LogP contribution in [-0.4, -0.2) is 18.2 Å². The first-order chi connectivity index (χ1) is 10.0. The molecule has 0 amide bonds. The molecule has 0 spiro atoms. The number of hydrogen-bond acceptors (Lipinski definition) is 3. The predicted molar refractivity (Wildman–Crippen MR) is 83.8 cm³/mol. The number of aryl methyl sites for hydroxylation is 1. The molecule has 0 aliphatic rings. The van der Waals surface area contributed by atoms with Crippen molar-refractivity contribution in [3.63, 3.8) is 0 Å². The van der Waals surface area contributed by atoms with Crippen LogP contribution in [0.1, 0.15) is 21.5 Å². The van der Waals surface area contributed by atoms with E-state index in [1.807, 2.05) is 31.2 Å². The van der Waals surface area contributed by atoms with Crippen LogP contribution in [-0.2, 0) is 0 Å². The van der Waals surface area contributed by atoms with Crippen molar-refractivity contribution in [2.45, 2.75) is 6.92 Å². The van der Waals surface area contributed by atoms with Gasteiger partial charge in [0.05, 0.1) is 12.7 Å². The topological polar surface area (TPSA) is 58.6 Å². The van der Waals surface area contributed by atoms with Crippen LogP contribution in [0.4, 0.5) is 5.69 Å². The molecule has 2 aromatic rings. The molecule has 0 unspecified atom stereocenters. The Morgan fingerprint density at radius 1 is 1.14 bits per heavy atom. The van der Waals surface area contributed by atoms with E-state index in [1.165, 1.54) is 13.2 Å². The van der Waals surface area contributed by atoms with Crippen LogP contribution in [0.3, 0.4) is 0 Å². The summed E-state index contributed by atoms with van der Waals surface area (Å²) in [6.07, 6.45) is 0. The number of anilines is 1. The molecule has 108 valence electrons. The number of aromatic carboxylic acids is 1. The summed E-state index contributed by atoms with van der Waals surface area (Å²) in [5, 5.41) is 12.4. The Morgan fingerprint density at radius 3 is 2.38 bits per heavy atom. The fourth-order valence-electron chi connectivity index (χ4n) is 1.97. The summed E-state index contributed by atoms with van der Waals surface area (Å²) in [7, 11) is 1.50. The Morgan fingerprint density at radius 2 is 1.81 bits per heavy atom. The van der Waals surface area contributed by atoms with E-state index in [0.717, 1.165) is 11.3 Å². The lowest BCUT2D eigenvalue weighted by atomic mass is 10.0. The summed E-state index contributed by atoms with van der Waals surface area (Å²) in [5.74, 6) is -0.518. The van der Waals surface area contributed by atoms with Gasteiger partial charge in [0.15, 0.2) is 0 Å². The third-order valence-electron chi connectivity index (χ3n) is 3.13. The average Bonchev–Trinajstić information content (AvgIpc) is 2.48. The van der Waals surface area contributed by atoms with Crippen molar-refractivity contribution in [2.24, 2.45) is 0 Å². The highest BCUT2D eigenvalue weighted by molar-refractivity contribution is 5.95. The number of methoxy groups -OCH3 is 1. The maximum atomic E-state index is 11.4. The van der Waals surface area contributed by atoms with Gasteiger partial charge in [-0.2, -0.15) is 0 Å². The van der Waals surface area contributed by atoms with Crippen LogP contribution >= 0.6 is 0 Å². The monoisotopic (exact) mass is 283 g/mol. The molecule has 0 radical (unpaired) electrons. The molecule has 21 heavy (non-hydrogen) atoms. The molecular weight excluding hydrogens is 266 g/mol. The lowest BCUT2D eigenvalue weighted by Gasteiger charge is -2.13. The standard InChI is InChI=1S/C17H17NO3/c1-11-4-6-13(7-5-11)18-12(2)15-9-8-14(21-3)10-16(15)17(19)20/h4-10,18H,2H2,1,3H3,(H,19,20). The van der Waals surface area contributed by atoms with E-state index in [0.29, 0.717) is 17.0 Å². The molecule has 0 aliphatic carbocycles. The zero-order chi connectivity index (χ0) is 15.4. The lowest BCUT2D eigenvalue weighted by Crippen LogP contribution is -2.06. The van der Waals surface area contributed by atoms with Crippen LogP contribution in [0.5, 0.6) is 5.75 Å². The second-order valence-corrected chi connectivity index (χ2v) is 4.69. The van der Waals surface area contributed by atoms with Gasteiger partial charge >= 0.3 is 5.97 Å². The smallest absolute Gasteiger partial charge is 0.336 e. The summed E-state index contributed by atoms with van der Waals surface area (Å²) >= 11 is 0. The second-order valence-electron chi connectivity index (χ2n) is 4.69. The number of carboxylic acid groups (broad SMARTS) is 1. The fourth-order valence-corrected chi connectivity index (χ4v) is 1.97. The summed E-state index contributed by atoms with van der Waals surface area (Å²) in [4.78, 5) is 11.4. The largest absolute Gasteiger partial charge is 0.497 e. The van der Waals surface area contributed by atoms with Gasteiger partial charge in [-0.1, -0.05) is 24.3 Å². The van der Waals surface area contributed by atoms with Gasteiger partial charge in [0.1, 0.15) is 5.75 Å². The van der Waals surface area contributed by atoms with Crippen molar-refractivity contribution in [1.82, 2.24) is 0 Å². The van der Waals surface area contributed by atoms with Gasteiger partial charge in [0, 0.05) is 16.9 Å². The molecule has 4 nitrogen and oxygen atoms in total. The normalized spacial score (nSPS) is 10.0. The Bertz CT molecular complexity index is 675. The number of carbonyl (C=O) groups is 1. The van der Waals surface area contributed by atoms with Gasteiger partial charge in [-0.25, -0.2) is 4.79 Å². The van der Waals surface area contributed by atoms with Gasteiger partial charge in [-0.15, -0.1) is 0 Å². The minimum atomic E-state index is -1.02. The Labute approximate surface area is 123 Å². The first kappa shape index (κ1) is 14.7. The van der Waals surface area contributed by atoms with Crippen molar-refractivity contribution in [3.05, 3.63) is 65.7 Å². The Balaban J connectivity index is 2.30. The van der Waals surface area contributed by atoms with Gasteiger partial charge in [-0.05, 0) is 37.3 Å². The second kappa shape index (κ2) is 6.13. The average molecular weight is 283 g/mol. The van der Waals surface area contributed by atoms with E-state index in [1.54, 1.807) is 12.1 Å². The molecule has 2 aromatic carbocycles. The summed E-state index contributed by atoms with van der Waals surface area (Å²) in [6.45, 7) is 5.93. The van der Waals surface area contributed by atoms with Crippen molar-refractivity contribution >= 4 is 17.4 Å². The maximum Gasteiger partial charge on any atom is 0.336 e. The minimum absolute atomic E-state index is 0.152. The third-order valence-corrected chi connectivity index (χ3v) is 3.13. The van der Waals surface area contributed by atoms with Crippen LogP contribution in [0.15, 0.2) is 49.0 Å². The van der Waals surface area contributed by atoms with Crippen LogP contribution in [0, 0.1) is 6.92 Å². The van der Waals surface area contributed by atoms with Crippen LogP contribution in [0.25, 0.3) is 5.70 Å². The number of benzene rings is 2. The molecule has 0 saturated carbocycles. The van der Waals surface area contributed by atoms with E-state index < -0.39 is 5.97 Å². The van der Waals surface area contributed by atoms with Gasteiger partial charge in [-0.3, -0.25) is 0 Å². The van der Waals surface area contributed by atoms with E-state index >= 15 is 0 Å². The number of carboxylic acids is 1. The van der Waals surface area contributed by atoms with Gasteiger partial charge in [0.25, 0.3) is 0 Å². The number of nitrogens with one attached hydrogen (secondary N) is 1. The van der Waals surface area contributed by atoms with Crippen molar-refractivity contribution in [1.29, 1.82) is 0 Å². The molecular formula is C17H17NO3. The molecule has 0 saturated heterocycles. The van der Waals surface area contributed by atoms with Crippen molar-refractivity contribution in [3.8, 4) is 5.75 Å². The Hall–Kier alpha value is -2.75. The predicted octanol–water partition coefficient (Wildman–Crippen LogP) is 3.78. The van der Waals surface area contributed by atoms with Crippen molar-refractivity contribution < 1.29 is 14.6 Å². The first-order valence-electron chi connectivity index (χ1n) is 6.45. The zero-order valence-electron chi connectivity index (χ0n) is 12.0. The third kappa shape index (κ3) is 3.42. The van der Waals surface area contributed by atoms with Gasteiger partial charge < -0.3 is 15.2 Å². The van der Waals surface area contributed by atoms with E-state index in [2.05, 4.69) is 11.9 Å². The quantitative estimate of drug-likeness (QED) is 0.876. The number of ether oxygens (including phenoxy) is 1. The highest BCUT2D eigenvalue weighted by atomic mass is 16.5. The van der Waals surface area contributed by atoms with Crippen molar-refractivity contribution in [2.75, 3.05) is 12.4 Å². The molecule has 2 rings (SSSR count). The SMILES string of the molecule is C=C(Nc1ccc(C)cc1)c1ccc(OC)cc1C(=O)O. The molecule has 0 aliphatic heterocycles. The summed E-state index contributed by atoms with van der Waals surface area (Å²) < 4.78 is 5.06. The molecule has 0 aromatic heterocycles. The molecule has 0 bridgehead atoms. The molecule has 2 N–H and O–H groups in total. The molecule has 0 atom stereocenters. The van der Waals surface area contributed by atoms with E-state index in [9.17, 15) is 9.90 Å². The molecule has 0 fully saturated rings. The highest BCUT2D eigenvalue weighted by Gasteiger charge is 2.14. The number of hydrogen-bond donors (Lipinski definition) is 2. The lowest BCUT2D eigenvalue weighted by molar-refractivity contribution is 0.0696. The van der Waals surface area contributed by atoms with Gasteiger partial charge in [0.2, 0.25) is 0 Å². The fraction of sp³-hybridized carbons (Fsp3) is 0.118. The molecule has 4 heteroatoms. The zero-order valence-corrected chi connectivity index (χ0v) is 12.0. The first-order valence-corrected chi connectivity index (χ1v) is 6.45. The van der Waals surface area contributed by atoms with E-state index in [-0.39, 0.29) is 5.56 Å².